The van der Waals surface area contributed by atoms with Crippen LogP contribution >= 0.6 is 12.4 Å². The highest BCUT2D eigenvalue weighted by Gasteiger charge is 2.32. The van der Waals surface area contributed by atoms with Crippen molar-refractivity contribution in [2.75, 3.05) is 39.3 Å². The second kappa shape index (κ2) is 8.49. The molecule has 1 aromatic rings. The van der Waals surface area contributed by atoms with Crippen LogP contribution in [0.4, 0.5) is 0 Å². The third-order valence-electron chi connectivity index (χ3n) is 5.03. The molecule has 1 unspecified atom stereocenters. The number of benzene rings is 1. The summed E-state index contributed by atoms with van der Waals surface area (Å²) in [4.78, 5) is 29.0. The van der Waals surface area contributed by atoms with Crippen LogP contribution in [0.5, 0.6) is 0 Å². The van der Waals surface area contributed by atoms with E-state index >= 15 is 0 Å². The first-order chi connectivity index (χ1) is 11.2. The van der Waals surface area contributed by atoms with Gasteiger partial charge in [0.05, 0.1) is 0 Å². The smallest absolute Gasteiger partial charge is 0.253 e. The number of carbonyl (C=O) groups excluding carboxylic acids is 2. The zero-order valence-corrected chi connectivity index (χ0v) is 14.9. The SMILES string of the molecule is CC(C(=O)N1CCCN(C(=O)c2ccccc2)CC1)C1CNC1.Cl. The summed E-state index contributed by atoms with van der Waals surface area (Å²) in [7, 11) is 0. The predicted octanol–water partition coefficient (Wildman–Crippen LogP) is 1.64. The van der Waals surface area contributed by atoms with Crippen molar-refractivity contribution in [1.82, 2.24) is 15.1 Å². The van der Waals surface area contributed by atoms with Gasteiger partial charge in [-0.25, -0.2) is 0 Å². The minimum atomic E-state index is 0. The third-order valence-corrected chi connectivity index (χ3v) is 5.03. The largest absolute Gasteiger partial charge is 0.341 e. The van der Waals surface area contributed by atoms with Gasteiger partial charge in [0.2, 0.25) is 5.91 Å². The number of amides is 2. The second-order valence-corrected chi connectivity index (χ2v) is 6.54. The van der Waals surface area contributed by atoms with E-state index in [1.54, 1.807) is 0 Å². The molecular formula is C18H26ClN3O2. The van der Waals surface area contributed by atoms with Crippen molar-refractivity contribution in [3.8, 4) is 0 Å². The number of hydrogen-bond donors (Lipinski definition) is 1. The maximum Gasteiger partial charge on any atom is 0.253 e. The van der Waals surface area contributed by atoms with Crippen LogP contribution in [0.1, 0.15) is 23.7 Å². The zero-order chi connectivity index (χ0) is 16.2. The highest BCUT2D eigenvalue weighted by Crippen LogP contribution is 2.19. The van der Waals surface area contributed by atoms with Gasteiger partial charge in [-0.3, -0.25) is 9.59 Å². The fourth-order valence-electron chi connectivity index (χ4n) is 3.26. The minimum absolute atomic E-state index is 0. The van der Waals surface area contributed by atoms with E-state index in [-0.39, 0.29) is 30.1 Å². The Kier molecular flexibility index (Phi) is 6.63. The second-order valence-electron chi connectivity index (χ2n) is 6.54. The van der Waals surface area contributed by atoms with Crippen LogP contribution in [-0.4, -0.2) is 60.9 Å². The van der Waals surface area contributed by atoms with Crippen LogP contribution in [0.15, 0.2) is 30.3 Å². The van der Waals surface area contributed by atoms with Crippen molar-refractivity contribution in [3.05, 3.63) is 35.9 Å². The lowest BCUT2D eigenvalue weighted by molar-refractivity contribution is -0.137. The Bertz CT molecular complexity index is 563. The molecule has 1 aromatic carbocycles. The van der Waals surface area contributed by atoms with Gasteiger partial charge in [-0.2, -0.15) is 0 Å². The fraction of sp³-hybridized carbons (Fsp3) is 0.556. The van der Waals surface area contributed by atoms with Crippen LogP contribution in [0.3, 0.4) is 0 Å². The summed E-state index contributed by atoms with van der Waals surface area (Å²) >= 11 is 0. The van der Waals surface area contributed by atoms with E-state index in [0.29, 0.717) is 19.0 Å². The van der Waals surface area contributed by atoms with Crippen molar-refractivity contribution in [2.24, 2.45) is 11.8 Å². The average Bonchev–Trinajstić information content (AvgIpc) is 2.78. The molecule has 132 valence electrons. The Morgan fingerprint density at radius 3 is 2.29 bits per heavy atom. The normalized spacial score (nSPS) is 19.7. The molecule has 2 aliphatic rings. The van der Waals surface area contributed by atoms with Gasteiger partial charge in [0.25, 0.3) is 5.91 Å². The number of halogens is 1. The van der Waals surface area contributed by atoms with Gasteiger partial charge in [0.1, 0.15) is 0 Å². The number of hydrogen-bond acceptors (Lipinski definition) is 3. The zero-order valence-electron chi connectivity index (χ0n) is 14.1. The molecule has 0 saturated carbocycles. The Morgan fingerprint density at radius 1 is 1.04 bits per heavy atom. The van der Waals surface area contributed by atoms with E-state index in [1.165, 1.54) is 0 Å². The topological polar surface area (TPSA) is 52.7 Å². The van der Waals surface area contributed by atoms with Crippen LogP contribution in [-0.2, 0) is 4.79 Å². The number of carbonyl (C=O) groups is 2. The molecule has 1 N–H and O–H groups in total. The molecule has 2 amide bonds. The van der Waals surface area contributed by atoms with Crippen LogP contribution < -0.4 is 5.32 Å². The van der Waals surface area contributed by atoms with E-state index in [9.17, 15) is 9.59 Å². The molecule has 0 radical (unpaired) electrons. The van der Waals surface area contributed by atoms with E-state index in [2.05, 4.69) is 5.32 Å². The molecule has 2 aliphatic heterocycles. The van der Waals surface area contributed by atoms with Crippen molar-refractivity contribution in [2.45, 2.75) is 13.3 Å². The summed E-state index contributed by atoms with van der Waals surface area (Å²) in [6.45, 7) is 6.65. The van der Waals surface area contributed by atoms with Gasteiger partial charge in [-0.05, 0) is 37.6 Å². The molecule has 24 heavy (non-hydrogen) atoms. The summed E-state index contributed by atoms with van der Waals surface area (Å²) < 4.78 is 0. The van der Waals surface area contributed by atoms with E-state index in [4.69, 9.17) is 0 Å². The molecule has 0 bridgehead atoms. The summed E-state index contributed by atoms with van der Waals surface area (Å²) in [5.74, 6) is 0.849. The monoisotopic (exact) mass is 351 g/mol. The third kappa shape index (κ3) is 4.08. The summed E-state index contributed by atoms with van der Waals surface area (Å²) in [5, 5.41) is 3.23. The quantitative estimate of drug-likeness (QED) is 0.900. The maximum atomic E-state index is 12.6. The first-order valence-corrected chi connectivity index (χ1v) is 8.50. The Hall–Kier alpha value is -1.59. The molecule has 2 fully saturated rings. The maximum absolute atomic E-state index is 12.6. The van der Waals surface area contributed by atoms with Crippen molar-refractivity contribution < 1.29 is 9.59 Å². The van der Waals surface area contributed by atoms with E-state index in [0.717, 1.165) is 38.2 Å². The first kappa shape index (κ1) is 18.7. The number of rotatable bonds is 3. The molecule has 0 spiro atoms. The van der Waals surface area contributed by atoms with Gasteiger partial charge >= 0.3 is 0 Å². The number of nitrogens with zero attached hydrogens (tertiary/aromatic N) is 2. The van der Waals surface area contributed by atoms with Crippen molar-refractivity contribution in [1.29, 1.82) is 0 Å². The molecule has 5 nitrogen and oxygen atoms in total. The van der Waals surface area contributed by atoms with Crippen LogP contribution in [0, 0.1) is 11.8 Å². The molecule has 2 saturated heterocycles. The fourth-order valence-corrected chi connectivity index (χ4v) is 3.26. The highest BCUT2D eigenvalue weighted by molar-refractivity contribution is 5.94. The van der Waals surface area contributed by atoms with Crippen molar-refractivity contribution >= 4 is 24.2 Å². The summed E-state index contributed by atoms with van der Waals surface area (Å²) in [6.07, 6.45) is 0.847. The van der Waals surface area contributed by atoms with Gasteiger partial charge in [-0.15, -0.1) is 12.4 Å². The predicted molar refractivity (Wildman–Crippen MR) is 96.3 cm³/mol. The van der Waals surface area contributed by atoms with Crippen LogP contribution in [0.25, 0.3) is 0 Å². The van der Waals surface area contributed by atoms with E-state index in [1.807, 2.05) is 47.1 Å². The molecule has 2 heterocycles. The lowest BCUT2D eigenvalue weighted by Crippen LogP contribution is -2.51. The van der Waals surface area contributed by atoms with Gasteiger partial charge < -0.3 is 15.1 Å². The van der Waals surface area contributed by atoms with Crippen molar-refractivity contribution in [3.63, 3.8) is 0 Å². The molecule has 6 heteroatoms. The molecular weight excluding hydrogens is 326 g/mol. The molecule has 0 aliphatic carbocycles. The van der Waals surface area contributed by atoms with Gasteiger partial charge in [0, 0.05) is 37.7 Å². The lowest BCUT2D eigenvalue weighted by atomic mass is 9.88. The van der Waals surface area contributed by atoms with Gasteiger partial charge in [-0.1, -0.05) is 25.1 Å². The summed E-state index contributed by atoms with van der Waals surface area (Å²) in [6, 6.07) is 9.38. The lowest BCUT2D eigenvalue weighted by Gasteiger charge is -2.34. The average molecular weight is 352 g/mol. The van der Waals surface area contributed by atoms with E-state index < -0.39 is 0 Å². The van der Waals surface area contributed by atoms with Gasteiger partial charge in [0.15, 0.2) is 0 Å². The Morgan fingerprint density at radius 2 is 1.67 bits per heavy atom. The Balaban J connectivity index is 0.00000208. The summed E-state index contributed by atoms with van der Waals surface area (Å²) in [5.41, 5.74) is 0.723. The molecule has 3 rings (SSSR count). The number of nitrogens with one attached hydrogen (secondary N) is 1. The standard InChI is InChI=1S/C18H25N3O2.ClH/c1-14(16-12-19-13-16)17(22)20-8-5-9-21(11-10-20)18(23)15-6-3-2-4-7-15;/h2-4,6-7,14,16,19H,5,8-13H2,1H3;1H. The Labute approximate surface area is 149 Å². The minimum Gasteiger partial charge on any atom is -0.341 e. The highest BCUT2D eigenvalue weighted by atomic mass is 35.5. The molecule has 1 atom stereocenters. The molecule has 0 aromatic heterocycles. The van der Waals surface area contributed by atoms with Crippen LogP contribution in [0.2, 0.25) is 0 Å². The first-order valence-electron chi connectivity index (χ1n) is 8.50.